The first-order valence-corrected chi connectivity index (χ1v) is 12.9. The van der Waals surface area contributed by atoms with Gasteiger partial charge in [-0.1, -0.05) is 18.0 Å². The highest BCUT2D eigenvalue weighted by Crippen LogP contribution is 2.51. The van der Waals surface area contributed by atoms with Crippen molar-refractivity contribution in [1.29, 1.82) is 0 Å². The lowest BCUT2D eigenvalue weighted by molar-refractivity contribution is -0.127. The van der Waals surface area contributed by atoms with Crippen LogP contribution in [0.25, 0.3) is 5.76 Å². The zero-order valence-corrected chi connectivity index (χ0v) is 21.1. The molecule has 5 atom stereocenters. The Morgan fingerprint density at radius 1 is 1.14 bits per heavy atom. The highest BCUT2D eigenvalue weighted by molar-refractivity contribution is 6.32. The van der Waals surface area contributed by atoms with Gasteiger partial charge in [-0.25, -0.2) is 0 Å². The summed E-state index contributed by atoms with van der Waals surface area (Å²) in [5.41, 5.74) is 6.30. The van der Waals surface area contributed by atoms with Gasteiger partial charge in [-0.15, -0.1) is 0 Å². The van der Waals surface area contributed by atoms with Crippen LogP contribution in [0.5, 0.6) is 5.75 Å². The Balaban J connectivity index is 1.56. The molecule has 0 radical (unpaired) electrons. The van der Waals surface area contributed by atoms with E-state index in [1.807, 2.05) is 0 Å². The quantitative estimate of drug-likeness (QED) is 0.450. The van der Waals surface area contributed by atoms with Crippen molar-refractivity contribution in [3.05, 3.63) is 44.7 Å². The lowest BCUT2D eigenvalue weighted by Crippen LogP contribution is -2.44. The van der Waals surface area contributed by atoms with E-state index in [1.165, 1.54) is 6.42 Å². The van der Waals surface area contributed by atoms with Gasteiger partial charge in [-0.05, 0) is 68.6 Å². The largest absolute Gasteiger partial charge is 0.511 e. The first-order valence-electron chi connectivity index (χ1n) is 12.5. The molecule has 1 heterocycles. The van der Waals surface area contributed by atoms with Crippen molar-refractivity contribution in [3.8, 4) is 5.75 Å². The van der Waals surface area contributed by atoms with Crippen LogP contribution in [-0.2, 0) is 27.3 Å². The minimum atomic E-state index is -1.13. The van der Waals surface area contributed by atoms with Gasteiger partial charge >= 0.3 is 0 Å². The summed E-state index contributed by atoms with van der Waals surface area (Å²) in [6.07, 6.45) is 3.94. The van der Waals surface area contributed by atoms with Crippen molar-refractivity contribution in [2.45, 2.75) is 71.0 Å². The molecule has 36 heavy (non-hydrogen) atoms. The molecule has 5 rings (SSSR count). The second kappa shape index (κ2) is 8.92. The van der Waals surface area contributed by atoms with E-state index in [9.17, 15) is 29.7 Å². The number of nitrogens with zero attached hydrogens (tertiary/aromatic N) is 1. The molecule has 3 aliphatic carbocycles. The smallest absolute Gasteiger partial charge is 0.255 e. The number of hydrogen-bond acceptors (Lipinski definition) is 7. The third-order valence-corrected chi connectivity index (χ3v) is 9.10. The van der Waals surface area contributed by atoms with Crippen LogP contribution in [-0.4, -0.2) is 49.8 Å². The first-order chi connectivity index (χ1) is 17.0. The van der Waals surface area contributed by atoms with E-state index in [2.05, 4.69) is 18.7 Å². The summed E-state index contributed by atoms with van der Waals surface area (Å²) in [5.74, 6) is -5.42. The average Bonchev–Trinajstić information content (AvgIpc) is 2.78. The van der Waals surface area contributed by atoms with Crippen LogP contribution in [0.15, 0.2) is 23.0 Å². The number of aliphatic hydroxyl groups is 2. The second-order valence-electron chi connectivity index (χ2n) is 10.8. The number of ketones is 2. The molecule has 9 heteroatoms. The summed E-state index contributed by atoms with van der Waals surface area (Å²) >= 11 is 6.87. The molecule has 2 fully saturated rings. The maximum atomic E-state index is 13.5. The average molecular weight is 515 g/mol. The van der Waals surface area contributed by atoms with Crippen LogP contribution < -0.4 is 5.73 Å². The predicted octanol–water partition coefficient (Wildman–Crippen LogP) is 3.73. The monoisotopic (exact) mass is 514 g/mol. The standard InChI is InChI=1S/C27H31ClN2O6/c1-11-4-3-5-12(2)30(11)10-15-9-17(31)21-16(23(15)28)7-13-6-14-8-18(32)22(27(29)36)26(35)20(14)24(33)19(13)25(21)34/h9,11-14,20,31,34-35H,3-8,10H2,1-2H3,(H2,29,36)/t11-,12+,13?,14?,20?. The number of allylic oxidation sites excluding steroid dienone is 2. The SMILES string of the molecule is C[C@@H]1CCC[C@H](C)N1Cc1cc(O)c2c(c1Cl)CC1CC3CC(=O)C(C(N)=O)=C(O)C3C(=O)C1=C2O. The van der Waals surface area contributed by atoms with Crippen LogP contribution in [0, 0.1) is 17.8 Å². The molecule has 1 aromatic rings. The number of carbonyl (C=O) groups excluding carboxylic acids is 3. The number of carbonyl (C=O) groups is 3. The third kappa shape index (κ3) is 3.73. The van der Waals surface area contributed by atoms with Crippen LogP contribution in [0.2, 0.25) is 5.02 Å². The van der Waals surface area contributed by atoms with E-state index < -0.39 is 46.6 Å². The lowest BCUT2D eigenvalue weighted by atomic mass is 9.61. The lowest BCUT2D eigenvalue weighted by Gasteiger charge is -2.41. The summed E-state index contributed by atoms with van der Waals surface area (Å²) in [7, 11) is 0. The Bertz CT molecular complexity index is 1240. The molecule has 1 aromatic carbocycles. The fourth-order valence-corrected chi connectivity index (χ4v) is 7.13. The van der Waals surface area contributed by atoms with Crippen molar-refractivity contribution < 1.29 is 29.7 Å². The number of aromatic hydroxyl groups is 1. The number of hydrogen-bond donors (Lipinski definition) is 4. The number of halogens is 1. The number of amides is 1. The Morgan fingerprint density at radius 2 is 1.81 bits per heavy atom. The topological polar surface area (TPSA) is 141 Å². The molecule has 1 amide bonds. The van der Waals surface area contributed by atoms with Gasteiger partial charge in [0.2, 0.25) is 0 Å². The highest BCUT2D eigenvalue weighted by atomic mass is 35.5. The number of likely N-dealkylation sites (tertiary alicyclic amines) is 1. The molecule has 1 saturated heterocycles. The van der Waals surface area contributed by atoms with Crippen LogP contribution >= 0.6 is 11.6 Å². The van der Waals surface area contributed by atoms with Gasteiger partial charge in [-0.3, -0.25) is 19.3 Å². The van der Waals surface area contributed by atoms with Gasteiger partial charge in [-0.2, -0.15) is 0 Å². The van der Waals surface area contributed by atoms with E-state index in [4.69, 9.17) is 17.3 Å². The molecular formula is C27H31ClN2O6. The molecule has 4 aliphatic rings. The van der Waals surface area contributed by atoms with Gasteiger partial charge in [0, 0.05) is 35.6 Å². The first kappa shape index (κ1) is 24.8. The maximum absolute atomic E-state index is 13.5. The van der Waals surface area contributed by atoms with Gasteiger partial charge < -0.3 is 21.1 Å². The van der Waals surface area contributed by atoms with E-state index in [1.54, 1.807) is 6.07 Å². The van der Waals surface area contributed by atoms with Crippen LogP contribution in [0.4, 0.5) is 0 Å². The molecule has 0 aromatic heterocycles. The zero-order valence-electron chi connectivity index (χ0n) is 20.4. The second-order valence-corrected chi connectivity index (χ2v) is 11.2. The van der Waals surface area contributed by atoms with E-state index in [0.29, 0.717) is 42.1 Å². The number of nitrogens with two attached hydrogens (primary N) is 1. The van der Waals surface area contributed by atoms with Crippen LogP contribution in [0.3, 0.4) is 0 Å². The number of primary amides is 1. The molecule has 5 N–H and O–H groups in total. The van der Waals surface area contributed by atoms with Gasteiger partial charge in [0.25, 0.3) is 5.91 Å². The molecule has 0 spiro atoms. The number of phenolic OH excluding ortho intramolecular Hbond substituents is 1. The van der Waals surface area contributed by atoms with Crippen molar-refractivity contribution in [2.75, 3.05) is 0 Å². The summed E-state index contributed by atoms with van der Waals surface area (Å²) in [5, 5.41) is 33.3. The Kier molecular flexibility index (Phi) is 6.16. The van der Waals surface area contributed by atoms with Crippen molar-refractivity contribution in [1.82, 2.24) is 4.90 Å². The maximum Gasteiger partial charge on any atom is 0.255 e. The number of fused-ring (bicyclic) bond motifs is 3. The minimum absolute atomic E-state index is 0.0834. The Labute approximate surface area is 214 Å². The number of benzene rings is 1. The Morgan fingerprint density at radius 3 is 2.44 bits per heavy atom. The van der Waals surface area contributed by atoms with Crippen molar-refractivity contribution in [2.24, 2.45) is 23.5 Å². The summed E-state index contributed by atoms with van der Waals surface area (Å²) in [6.45, 7) is 4.94. The fourth-order valence-electron chi connectivity index (χ4n) is 6.84. The number of aliphatic hydroxyl groups excluding tert-OH is 2. The number of Topliss-reactive ketones (excluding diaryl/α,β-unsaturated/α-hetero) is 2. The van der Waals surface area contributed by atoms with E-state index in [-0.39, 0.29) is 29.1 Å². The third-order valence-electron chi connectivity index (χ3n) is 8.63. The van der Waals surface area contributed by atoms with Crippen LogP contribution in [0.1, 0.15) is 62.6 Å². The van der Waals surface area contributed by atoms with Gasteiger partial charge in [0.05, 0.1) is 11.5 Å². The number of rotatable bonds is 3. The molecule has 0 bridgehead atoms. The molecular weight excluding hydrogens is 484 g/mol. The summed E-state index contributed by atoms with van der Waals surface area (Å²) < 4.78 is 0. The predicted molar refractivity (Wildman–Crippen MR) is 133 cm³/mol. The molecule has 8 nitrogen and oxygen atoms in total. The normalized spacial score (nSPS) is 30.7. The molecule has 1 saturated carbocycles. The Hall–Kier alpha value is -2.84. The van der Waals surface area contributed by atoms with E-state index >= 15 is 0 Å². The highest BCUT2D eigenvalue weighted by Gasteiger charge is 2.51. The zero-order chi connectivity index (χ0) is 26.0. The van der Waals surface area contributed by atoms with Gasteiger partial charge in [0.1, 0.15) is 22.8 Å². The molecule has 3 unspecified atom stereocenters. The molecule has 192 valence electrons. The van der Waals surface area contributed by atoms with E-state index in [0.717, 1.165) is 18.4 Å². The van der Waals surface area contributed by atoms with Crippen molar-refractivity contribution >= 4 is 34.8 Å². The number of piperidine rings is 1. The minimum Gasteiger partial charge on any atom is -0.511 e. The van der Waals surface area contributed by atoms with Crippen molar-refractivity contribution in [3.63, 3.8) is 0 Å². The summed E-state index contributed by atoms with van der Waals surface area (Å²) in [6, 6.07) is 2.32. The molecule has 1 aliphatic heterocycles. The van der Waals surface area contributed by atoms with Gasteiger partial charge in [0.15, 0.2) is 11.6 Å². The fraction of sp³-hybridized carbons (Fsp3) is 0.519. The number of phenols is 1. The summed E-state index contributed by atoms with van der Waals surface area (Å²) in [4.78, 5) is 40.1.